The Labute approximate surface area is 153 Å². The van der Waals surface area contributed by atoms with Gasteiger partial charge in [-0.15, -0.1) is 0 Å². The van der Waals surface area contributed by atoms with Crippen molar-refractivity contribution < 1.29 is 27.3 Å². The van der Waals surface area contributed by atoms with Crippen LogP contribution in [-0.2, 0) is 11.0 Å². The Hall–Kier alpha value is -2.91. The second-order valence-corrected chi connectivity index (χ2v) is 6.72. The van der Waals surface area contributed by atoms with Crippen LogP contribution in [0, 0.1) is 0 Å². The number of hydrogen-bond donors (Lipinski definition) is 1. The van der Waals surface area contributed by atoms with Crippen LogP contribution in [0.5, 0.6) is 0 Å². The summed E-state index contributed by atoms with van der Waals surface area (Å²) in [6, 6.07) is 5.38. The van der Waals surface area contributed by atoms with Gasteiger partial charge < -0.3 is 14.7 Å². The summed E-state index contributed by atoms with van der Waals surface area (Å²) in [6.07, 6.45) is -3.25. The van der Waals surface area contributed by atoms with Crippen molar-refractivity contribution in [2.75, 3.05) is 0 Å². The van der Waals surface area contributed by atoms with Crippen molar-refractivity contribution in [3.8, 4) is 11.4 Å². The fourth-order valence-electron chi connectivity index (χ4n) is 1.83. The zero-order valence-corrected chi connectivity index (χ0v) is 15.2. The van der Waals surface area contributed by atoms with E-state index in [4.69, 9.17) is 4.84 Å². The van der Waals surface area contributed by atoms with Crippen LogP contribution in [0.1, 0.15) is 43.9 Å². The van der Waals surface area contributed by atoms with Crippen LogP contribution in [0.25, 0.3) is 11.4 Å². The number of benzene rings is 1. The van der Waals surface area contributed by atoms with E-state index in [0.29, 0.717) is 11.1 Å². The van der Waals surface area contributed by atoms with Crippen molar-refractivity contribution in [3.63, 3.8) is 0 Å². The second kappa shape index (κ2) is 7.77. The van der Waals surface area contributed by atoms with Gasteiger partial charge in [0.2, 0.25) is 5.82 Å². The number of rotatable bonds is 5. The largest absolute Gasteiger partial charge is 0.471 e. The van der Waals surface area contributed by atoms with E-state index in [2.05, 4.69) is 25.1 Å². The quantitative estimate of drug-likeness (QED) is 0.627. The van der Waals surface area contributed by atoms with Crippen molar-refractivity contribution in [3.05, 3.63) is 35.7 Å². The van der Waals surface area contributed by atoms with Crippen LogP contribution < -0.4 is 5.32 Å². The fraction of sp³-hybridized carbons (Fsp3) is 0.412. The number of nitrogens with one attached hydrogen (secondary N) is 1. The van der Waals surface area contributed by atoms with Gasteiger partial charge in [-0.1, -0.05) is 22.4 Å². The lowest BCUT2D eigenvalue weighted by Gasteiger charge is -2.16. The molecule has 1 aromatic carbocycles. The molecule has 1 N–H and O–H groups in total. The van der Waals surface area contributed by atoms with Gasteiger partial charge in [-0.25, -0.2) is 0 Å². The molecule has 1 atom stereocenters. The van der Waals surface area contributed by atoms with E-state index in [1.807, 2.05) is 20.8 Å². The van der Waals surface area contributed by atoms with Crippen LogP contribution in [0.3, 0.4) is 0 Å². The first kappa shape index (κ1) is 20.4. The van der Waals surface area contributed by atoms with E-state index >= 15 is 0 Å². The Morgan fingerprint density at radius 2 is 1.89 bits per heavy atom. The predicted octanol–water partition coefficient (Wildman–Crippen LogP) is 3.67. The topological polar surface area (TPSA) is 89.6 Å². The lowest BCUT2D eigenvalue weighted by molar-refractivity contribution is -0.159. The van der Waals surface area contributed by atoms with Crippen LogP contribution in [0.4, 0.5) is 13.2 Å². The minimum absolute atomic E-state index is 0.214. The molecule has 2 aromatic rings. The molecule has 0 saturated carbocycles. The van der Waals surface area contributed by atoms with E-state index in [1.165, 1.54) is 30.5 Å². The number of carbonyl (C=O) groups is 1. The summed E-state index contributed by atoms with van der Waals surface area (Å²) in [6.45, 7) is 7.25. The first-order chi connectivity index (χ1) is 12.5. The molecule has 27 heavy (non-hydrogen) atoms. The molecule has 0 aliphatic carbocycles. The Morgan fingerprint density at radius 3 is 2.41 bits per heavy atom. The highest BCUT2D eigenvalue weighted by Gasteiger charge is 2.38. The number of oxime groups is 1. The van der Waals surface area contributed by atoms with E-state index in [-0.39, 0.29) is 17.8 Å². The Morgan fingerprint density at radius 1 is 1.26 bits per heavy atom. The second-order valence-electron chi connectivity index (χ2n) is 6.72. The van der Waals surface area contributed by atoms with Gasteiger partial charge in [0.05, 0.1) is 12.3 Å². The van der Waals surface area contributed by atoms with Crippen molar-refractivity contribution in [2.24, 2.45) is 5.16 Å². The molecule has 7 nitrogen and oxygen atoms in total. The number of halogens is 3. The first-order valence-corrected chi connectivity index (χ1v) is 7.99. The molecule has 1 amide bonds. The zero-order valence-electron chi connectivity index (χ0n) is 15.2. The average Bonchev–Trinajstić information content (AvgIpc) is 3.04. The number of carbonyl (C=O) groups excluding carboxylic acids is 1. The normalized spacial score (nSPS) is 13.6. The molecular formula is C17H19F3N4O3. The summed E-state index contributed by atoms with van der Waals surface area (Å²) < 4.78 is 41.7. The van der Waals surface area contributed by atoms with Gasteiger partial charge in [0.1, 0.15) is 5.60 Å². The number of alkyl halides is 3. The number of hydrogen-bond acceptors (Lipinski definition) is 6. The molecule has 1 unspecified atom stereocenters. The molecule has 10 heteroatoms. The minimum atomic E-state index is -4.71. The minimum Gasteiger partial charge on any atom is -0.390 e. The van der Waals surface area contributed by atoms with Gasteiger partial charge in [0, 0.05) is 11.1 Å². The molecule has 0 aliphatic rings. The SMILES string of the molecule is CC(/C=N\OC(C)(C)C)NC(=O)c1ccc(-c2noc(C(F)(F)F)n2)cc1. The number of aromatic nitrogens is 2. The lowest BCUT2D eigenvalue weighted by atomic mass is 10.1. The maximum atomic E-state index is 12.5. The Bertz CT molecular complexity index is 808. The summed E-state index contributed by atoms with van der Waals surface area (Å²) in [5.41, 5.74) is 0.172. The zero-order chi connectivity index (χ0) is 20.2. The van der Waals surface area contributed by atoms with Gasteiger partial charge in [0.15, 0.2) is 0 Å². The highest BCUT2D eigenvalue weighted by Crippen LogP contribution is 2.29. The molecule has 146 valence electrons. The lowest BCUT2D eigenvalue weighted by Crippen LogP contribution is -2.33. The third-order valence-corrected chi connectivity index (χ3v) is 3.04. The van der Waals surface area contributed by atoms with Crippen molar-refractivity contribution in [1.82, 2.24) is 15.5 Å². The molecule has 0 aliphatic heterocycles. The molecular weight excluding hydrogens is 365 g/mol. The molecule has 0 radical (unpaired) electrons. The summed E-state index contributed by atoms with van der Waals surface area (Å²) >= 11 is 0. The molecule has 2 rings (SSSR count). The van der Waals surface area contributed by atoms with Crippen LogP contribution >= 0.6 is 0 Å². The fourth-order valence-corrected chi connectivity index (χ4v) is 1.83. The third-order valence-electron chi connectivity index (χ3n) is 3.04. The number of amides is 1. The van der Waals surface area contributed by atoms with Gasteiger partial charge in [0.25, 0.3) is 5.91 Å². The van der Waals surface area contributed by atoms with Gasteiger partial charge in [-0.3, -0.25) is 4.79 Å². The van der Waals surface area contributed by atoms with Crippen LogP contribution in [-0.4, -0.2) is 33.9 Å². The highest BCUT2D eigenvalue weighted by atomic mass is 19.4. The Balaban J connectivity index is 2.00. The predicted molar refractivity (Wildman–Crippen MR) is 91.0 cm³/mol. The molecule has 0 bridgehead atoms. The first-order valence-electron chi connectivity index (χ1n) is 7.99. The molecule has 0 fully saturated rings. The maximum Gasteiger partial charge on any atom is 0.471 e. The third kappa shape index (κ3) is 6.08. The van der Waals surface area contributed by atoms with Gasteiger partial charge in [-0.05, 0) is 39.8 Å². The standard InChI is InChI=1S/C17H19F3N4O3/c1-10(9-21-27-16(2,3)4)22-14(25)12-7-5-11(6-8-12)13-23-15(26-24-13)17(18,19)20/h5-10H,1-4H3,(H,22,25)/b21-9-. The molecule has 0 saturated heterocycles. The van der Waals surface area contributed by atoms with E-state index < -0.39 is 17.7 Å². The smallest absolute Gasteiger partial charge is 0.390 e. The molecule has 1 aromatic heterocycles. The van der Waals surface area contributed by atoms with Crippen LogP contribution in [0.15, 0.2) is 33.9 Å². The summed E-state index contributed by atoms with van der Waals surface area (Å²) in [5, 5.41) is 9.80. The Kier molecular flexibility index (Phi) is 5.87. The van der Waals surface area contributed by atoms with Gasteiger partial charge in [-0.2, -0.15) is 18.2 Å². The average molecular weight is 384 g/mol. The van der Waals surface area contributed by atoms with E-state index in [0.717, 1.165) is 0 Å². The van der Waals surface area contributed by atoms with Crippen molar-refractivity contribution in [1.29, 1.82) is 0 Å². The van der Waals surface area contributed by atoms with Crippen molar-refractivity contribution in [2.45, 2.75) is 45.5 Å². The van der Waals surface area contributed by atoms with Crippen molar-refractivity contribution >= 4 is 12.1 Å². The summed E-state index contributed by atoms with van der Waals surface area (Å²) in [7, 11) is 0. The van der Waals surface area contributed by atoms with E-state index in [1.54, 1.807) is 6.92 Å². The molecule has 1 heterocycles. The summed E-state index contributed by atoms with van der Waals surface area (Å²) in [4.78, 5) is 20.7. The van der Waals surface area contributed by atoms with E-state index in [9.17, 15) is 18.0 Å². The van der Waals surface area contributed by atoms with Crippen LogP contribution in [0.2, 0.25) is 0 Å². The molecule has 0 spiro atoms. The van der Waals surface area contributed by atoms with Gasteiger partial charge >= 0.3 is 12.1 Å². The maximum absolute atomic E-state index is 12.5. The number of nitrogens with zero attached hydrogens (tertiary/aromatic N) is 3. The summed E-state index contributed by atoms with van der Waals surface area (Å²) in [5.74, 6) is -2.01. The highest BCUT2D eigenvalue weighted by molar-refractivity contribution is 5.96. The monoisotopic (exact) mass is 384 g/mol.